The Kier molecular flexibility index (Phi) is 5.52. The lowest BCUT2D eigenvalue weighted by atomic mass is 10.1. The number of ether oxygens (including phenoxy) is 1. The van der Waals surface area contributed by atoms with Crippen LogP contribution in [0.3, 0.4) is 0 Å². The Balaban J connectivity index is 1.84. The van der Waals surface area contributed by atoms with E-state index in [0.717, 1.165) is 27.2 Å². The molecule has 0 fully saturated rings. The molecule has 1 heterocycles. The number of hydrogen-bond acceptors (Lipinski definition) is 4. The molecule has 0 amide bonds. The molecule has 0 N–H and O–H groups in total. The van der Waals surface area contributed by atoms with Crippen molar-refractivity contribution in [1.82, 2.24) is 4.98 Å². The third-order valence-corrected chi connectivity index (χ3v) is 5.25. The van der Waals surface area contributed by atoms with Crippen molar-refractivity contribution in [3.05, 3.63) is 63.6 Å². The number of carbonyl (C=O) groups excluding carboxylic acids is 1. The standard InChI is InChI=1S/C19H15Cl2NO2S/c1-11-8-18(22-19-13(11)4-3-5-17(19)24-2)25-10-16(23)14-7-6-12(20)9-15(14)21/h3-9H,10H2,1-2H3. The van der Waals surface area contributed by atoms with E-state index in [-0.39, 0.29) is 11.5 Å². The van der Waals surface area contributed by atoms with Gasteiger partial charge in [-0.1, -0.05) is 47.1 Å². The fourth-order valence-corrected chi connectivity index (χ4v) is 3.90. The van der Waals surface area contributed by atoms with Gasteiger partial charge in [-0.2, -0.15) is 0 Å². The number of hydrogen-bond donors (Lipinski definition) is 0. The predicted molar refractivity (Wildman–Crippen MR) is 105 cm³/mol. The van der Waals surface area contributed by atoms with E-state index in [1.54, 1.807) is 25.3 Å². The molecule has 0 aliphatic heterocycles. The number of nitrogens with zero attached hydrogens (tertiary/aromatic N) is 1. The van der Waals surface area contributed by atoms with Crippen molar-refractivity contribution < 1.29 is 9.53 Å². The minimum absolute atomic E-state index is 0.0637. The van der Waals surface area contributed by atoms with Gasteiger partial charge >= 0.3 is 0 Å². The molecule has 3 rings (SSSR count). The molecule has 0 bridgehead atoms. The molecule has 25 heavy (non-hydrogen) atoms. The molecule has 0 saturated heterocycles. The van der Waals surface area contributed by atoms with Crippen molar-refractivity contribution in [3.63, 3.8) is 0 Å². The summed E-state index contributed by atoms with van der Waals surface area (Å²) in [5.41, 5.74) is 2.35. The number of ketones is 1. The number of benzene rings is 2. The van der Waals surface area contributed by atoms with Crippen molar-refractivity contribution >= 4 is 51.6 Å². The van der Waals surface area contributed by atoms with Gasteiger partial charge in [0.1, 0.15) is 11.3 Å². The predicted octanol–water partition coefficient (Wildman–Crippen LogP) is 5.83. The van der Waals surface area contributed by atoms with E-state index < -0.39 is 0 Å². The SMILES string of the molecule is COc1cccc2c(C)cc(SCC(=O)c3ccc(Cl)cc3Cl)nc12. The molecule has 0 aliphatic rings. The molecular formula is C19H15Cl2NO2S. The van der Waals surface area contributed by atoms with Gasteiger partial charge in [0.25, 0.3) is 0 Å². The zero-order valence-electron chi connectivity index (χ0n) is 13.7. The number of rotatable bonds is 5. The van der Waals surface area contributed by atoms with Crippen molar-refractivity contribution in [1.29, 1.82) is 0 Å². The molecule has 0 spiro atoms. The Morgan fingerprint density at radius 1 is 1.20 bits per heavy atom. The summed E-state index contributed by atoms with van der Waals surface area (Å²) in [4.78, 5) is 17.1. The molecule has 3 aromatic rings. The van der Waals surface area contributed by atoms with Crippen LogP contribution in [0, 0.1) is 6.92 Å². The molecule has 1 aromatic heterocycles. The number of fused-ring (bicyclic) bond motifs is 1. The van der Waals surface area contributed by atoms with Gasteiger partial charge in [0.05, 0.1) is 22.9 Å². The lowest BCUT2D eigenvalue weighted by Gasteiger charge is -2.09. The van der Waals surface area contributed by atoms with E-state index in [2.05, 4.69) is 4.98 Å². The van der Waals surface area contributed by atoms with Crippen molar-refractivity contribution in [2.75, 3.05) is 12.9 Å². The van der Waals surface area contributed by atoms with Gasteiger partial charge in [-0.05, 0) is 42.8 Å². The summed E-state index contributed by atoms with van der Waals surface area (Å²) < 4.78 is 5.39. The number of Topliss-reactive ketones (excluding diaryl/α,β-unsaturated/α-hetero) is 1. The zero-order chi connectivity index (χ0) is 18.0. The molecule has 0 saturated carbocycles. The number of thioether (sulfide) groups is 1. The van der Waals surface area contributed by atoms with Gasteiger partial charge in [-0.15, -0.1) is 0 Å². The second kappa shape index (κ2) is 7.65. The Morgan fingerprint density at radius 2 is 2.00 bits per heavy atom. The molecule has 0 atom stereocenters. The Morgan fingerprint density at radius 3 is 2.72 bits per heavy atom. The van der Waals surface area contributed by atoms with Gasteiger partial charge < -0.3 is 4.74 Å². The smallest absolute Gasteiger partial charge is 0.174 e. The number of carbonyl (C=O) groups is 1. The average Bonchev–Trinajstić information content (AvgIpc) is 2.59. The number of aryl methyl sites for hydroxylation is 1. The molecule has 0 aliphatic carbocycles. The summed E-state index contributed by atoms with van der Waals surface area (Å²) in [5.74, 6) is 0.899. The fraction of sp³-hybridized carbons (Fsp3) is 0.158. The minimum Gasteiger partial charge on any atom is -0.494 e. The van der Waals surface area contributed by atoms with E-state index in [1.165, 1.54) is 11.8 Å². The highest BCUT2D eigenvalue weighted by Crippen LogP contribution is 2.30. The van der Waals surface area contributed by atoms with E-state index in [9.17, 15) is 4.79 Å². The lowest BCUT2D eigenvalue weighted by Crippen LogP contribution is -2.03. The van der Waals surface area contributed by atoms with E-state index in [0.29, 0.717) is 15.6 Å². The summed E-state index contributed by atoms with van der Waals surface area (Å²) in [6.07, 6.45) is 0. The van der Waals surface area contributed by atoms with Gasteiger partial charge in [0.2, 0.25) is 0 Å². The van der Waals surface area contributed by atoms with Crippen LogP contribution in [0.4, 0.5) is 0 Å². The molecule has 0 unspecified atom stereocenters. The van der Waals surface area contributed by atoms with E-state index in [1.807, 2.05) is 31.2 Å². The second-order valence-electron chi connectivity index (χ2n) is 5.47. The van der Waals surface area contributed by atoms with Gasteiger partial charge in [0, 0.05) is 16.0 Å². The largest absolute Gasteiger partial charge is 0.494 e. The first-order valence-corrected chi connectivity index (χ1v) is 9.29. The molecule has 6 heteroatoms. The van der Waals surface area contributed by atoms with Gasteiger partial charge in [0.15, 0.2) is 5.78 Å². The van der Waals surface area contributed by atoms with Crippen LogP contribution in [0.1, 0.15) is 15.9 Å². The monoisotopic (exact) mass is 391 g/mol. The normalized spacial score (nSPS) is 10.9. The highest BCUT2D eigenvalue weighted by Gasteiger charge is 2.13. The fourth-order valence-electron chi connectivity index (χ4n) is 2.53. The van der Waals surface area contributed by atoms with Gasteiger partial charge in [-0.3, -0.25) is 4.79 Å². The first kappa shape index (κ1) is 18.1. The Hall–Kier alpha value is -1.75. The third kappa shape index (κ3) is 3.92. The first-order chi connectivity index (χ1) is 12.0. The maximum atomic E-state index is 12.4. The van der Waals surface area contributed by atoms with Crippen LogP contribution in [0.5, 0.6) is 5.75 Å². The topological polar surface area (TPSA) is 39.2 Å². The van der Waals surface area contributed by atoms with Crippen molar-refractivity contribution in [2.45, 2.75) is 11.9 Å². The van der Waals surface area contributed by atoms with E-state index in [4.69, 9.17) is 27.9 Å². The number of pyridine rings is 1. The first-order valence-electron chi connectivity index (χ1n) is 7.55. The number of halogens is 2. The molecular weight excluding hydrogens is 377 g/mol. The summed E-state index contributed by atoms with van der Waals surface area (Å²) in [5, 5.41) is 2.68. The maximum absolute atomic E-state index is 12.4. The van der Waals surface area contributed by atoms with Crippen molar-refractivity contribution in [2.24, 2.45) is 0 Å². The Bertz CT molecular complexity index is 960. The highest BCUT2D eigenvalue weighted by atomic mass is 35.5. The molecule has 3 nitrogen and oxygen atoms in total. The zero-order valence-corrected chi connectivity index (χ0v) is 16.0. The van der Waals surface area contributed by atoms with Crippen LogP contribution in [0.2, 0.25) is 10.0 Å². The minimum atomic E-state index is -0.0637. The van der Waals surface area contributed by atoms with Gasteiger partial charge in [-0.25, -0.2) is 4.98 Å². The molecule has 128 valence electrons. The number of para-hydroxylation sites is 1. The lowest BCUT2D eigenvalue weighted by molar-refractivity contribution is 0.102. The third-order valence-electron chi connectivity index (χ3n) is 3.79. The van der Waals surface area contributed by atoms with Crippen LogP contribution < -0.4 is 4.74 Å². The summed E-state index contributed by atoms with van der Waals surface area (Å²) in [7, 11) is 1.62. The number of aromatic nitrogens is 1. The second-order valence-corrected chi connectivity index (χ2v) is 7.31. The maximum Gasteiger partial charge on any atom is 0.174 e. The van der Waals surface area contributed by atoms with Crippen LogP contribution in [0.25, 0.3) is 10.9 Å². The van der Waals surface area contributed by atoms with E-state index >= 15 is 0 Å². The highest BCUT2D eigenvalue weighted by molar-refractivity contribution is 7.99. The summed E-state index contributed by atoms with van der Waals surface area (Å²) in [6.45, 7) is 2.02. The van der Waals surface area contributed by atoms with Crippen LogP contribution in [0.15, 0.2) is 47.5 Å². The van der Waals surface area contributed by atoms with Crippen LogP contribution >= 0.6 is 35.0 Å². The van der Waals surface area contributed by atoms with Crippen molar-refractivity contribution in [3.8, 4) is 5.75 Å². The molecule has 0 radical (unpaired) electrons. The molecule has 2 aromatic carbocycles. The van der Waals surface area contributed by atoms with Crippen LogP contribution in [-0.4, -0.2) is 23.6 Å². The summed E-state index contributed by atoms with van der Waals surface area (Å²) >= 11 is 13.4. The number of methoxy groups -OCH3 is 1. The average molecular weight is 392 g/mol. The quantitative estimate of drug-likeness (QED) is 0.404. The summed E-state index contributed by atoms with van der Waals surface area (Å²) in [6, 6.07) is 12.7. The van der Waals surface area contributed by atoms with Crippen LogP contribution in [-0.2, 0) is 0 Å². The Labute approximate surface area is 160 Å².